The summed E-state index contributed by atoms with van der Waals surface area (Å²) in [5, 5.41) is 14.5. The van der Waals surface area contributed by atoms with Crippen molar-refractivity contribution in [2.24, 2.45) is 0 Å². The normalized spacial score (nSPS) is 21.2. The summed E-state index contributed by atoms with van der Waals surface area (Å²) >= 11 is 0. The van der Waals surface area contributed by atoms with Crippen LogP contribution in [0.2, 0.25) is 0 Å². The zero-order valence-corrected chi connectivity index (χ0v) is 18.6. The van der Waals surface area contributed by atoms with Crippen molar-refractivity contribution in [2.45, 2.75) is 50.0 Å². The third kappa shape index (κ3) is 4.58. The van der Waals surface area contributed by atoms with E-state index in [9.17, 15) is 22.8 Å². The van der Waals surface area contributed by atoms with E-state index in [-0.39, 0.29) is 24.7 Å². The van der Waals surface area contributed by atoms with Crippen molar-refractivity contribution in [3.63, 3.8) is 0 Å². The Morgan fingerprint density at radius 3 is 2.69 bits per heavy atom. The van der Waals surface area contributed by atoms with Crippen LogP contribution in [0.1, 0.15) is 43.2 Å². The molecule has 1 saturated carbocycles. The summed E-state index contributed by atoms with van der Waals surface area (Å²) in [5.41, 5.74) is 0.496. The standard InChI is InChI=1S/C25H23F3N2O5/c26-25(27,28)15-2-4-17-14(13-24(7-1-8-24)35-21(17)11-15)10-22(32)29-16-3-5-19-18(12-16)30-23(33)20(34-19)6-9-31/h2-5,10-12,20,31H,1,6-9,13H2,(H,29,32)(H,30,33). The topological polar surface area (TPSA) is 96.9 Å². The Morgan fingerprint density at radius 1 is 1.20 bits per heavy atom. The van der Waals surface area contributed by atoms with Gasteiger partial charge in [-0.2, -0.15) is 13.2 Å². The number of hydrogen-bond acceptors (Lipinski definition) is 5. The van der Waals surface area contributed by atoms with Gasteiger partial charge in [-0.15, -0.1) is 0 Å². The summed E-state index contributed by atoms with van der Waals surface area (Å²) in [6.45, 7) is -0.191. The summed E-state index contributed by atoms with van der Waals surface area (Å²) in [6, 6.07) is 8.11. The number of aliphatic hydroxyl groups is 1. The van der Waals surface area contributed by atoms with Gasteiger partial charge in [-0.1, -0.05) is 6.07 Å². The Labute approximate surface area is 198 Å². The number of aliphatic hydroxyl groups excluding tert-OH is 1. The minimum absolute atomic E-state index is 0.135. The van der Waals surface area contributed by atoms with E-state index in [2.05, 4.69) is 10.6 Å². The van der Waals surface area contributed by atoms with Crippen LogP contribution < -0.4 is 20.1 Å². The lowest BCUT2D eigenvalue weighted by Gasteiger charge is -2.46. The third-order valence-corrected chi connectivity index (χ3v) is 6.52. The number of nitrogens with one attached hydrogen (secondary N) is 2. The van der Waals surface area contributed by atoms with Gasteiger partial charge < -0.3 is 25.2 Å². The van der Waals surface area contributed by atoms with Gasteiger partial charge in [0, 0.05) is 36.8 Å². The van der Waals surface area contributed by atoms with Crippen molar-refractivity contribution >= 4 is 28.8 Å². The van der Waals surface area contributed by atoms with E-state index in [1.54, 1.807) is 18.2 Å². The molecule has 10 heteroatoms. The van der Waals surface area contributed by atoms with Crippen LogP contribution in [0.15, 0.2) is 42.5 Å². The molecule has 1 fully saturated rings. The Kier molecular flexibility index (Phi) is 5.71. The second-order valence-corrected chi connectivity index (χ2v) is 9.00. The zero-order valence-electron chi connectivity index (χ0n) is 18.6. The van der Waals surface area contributed by atoms with Crippen molar-refractivity contribution in [2.75, 3.05) is 17.2 Å². The summed E-state index contributed by atoms with van der Waals surface area (Å²) in [4.78, 5) is 25.0. The fraction of sp³-hybridized carbons (Fsp3) is 0.360. The molecule has 0 radical (unpaired) electrons. The Morgan fingerprint density at radius 2 is 2.00 bits per heavy atom. The largest absolute Gasteiger partial charge is 0.486 e. The number of carbonyl (C=O) groups is 2. The van der Waals surface area contributed by atoms with Gasteiger partial charge in [-0.25, -0.2) is 0 Å². The minimum Gasteiger partial charge on any atom is -0.486 e. The first-order valence-corrected chi connectivity index (χ1v) is 11.3. The molecule has 0 bridgehead atoms. The van der Waals surface area contributed by atoms with Gasteiger partial charge >= 0.3 is 6.18 Å². The first-order valence-electron chi connectivity index (χ1n) is 11.3. The van der Waals surface area contributed by atoms with Gasteiger partial charge in [0.25, 0.3) is 5.91 Å². The summed E-state index contributed by atoms with van der Waals surface area (Å²) in [6.07, 6.45) is -0.965. The molecule has 5 rings (SSSR count). The van der Waals surface area contributed by atoms with Crippen LogP contribution in [0.25, 0.3) is 5.57 Å². The van der Waals surface area contributed by atoms with E-state index in [1.165, 1.54) is 12.1 Å². The van der Waals surface area contributed by atoms with E-state index >= 15 is 0 Å². The Hall–Kier alpha value is -3.53. The molecular weight excluding hydrogens is 465 g/mol. The maximum atomic E-state index is 13.2. The lowest BCUT2D eigenvalue weighted by molar-refractivity contribution is -0.138. The molecule has 2 aromatic rings. The predicted octanol–water partition coefficient (Wildman–Crippen LogP) is 4.51. The number of fused-ring (bicyclic) bond motifs is 2. The molecule has 0 saturated heterocycles. The molecule has 1 spiro atoms. The highest BCUT2D eigenvalue weighted by atomic mass is 19.4. The van der Waals surface area contributed by atoms with Gasteiger partial charge in [0.2, 0.25) is 5.91 Å². The number of rotatable bonds is 4. The molecule has 1 unspecified atom stereocenters. The summed E-state index contributed by atoms with van der Waals surface area (Å²) in [5.74, 6) is -0.288. The zero-order chi connectivity index (χ0) is 24.8. The molecule has 7 nitrogen and oxygen atoms in total. The average Bonchev–Trinajstić information content (AvgIpc) is 2.77. The second kappa shape index (κ2) is 8.60. The molecule has 0 aromatic heterocycles. The van der Waals surface area contributed by atoms with Gasteiger partial charge in [0.05, 0.1) is 11.3 Å². The average molecular weight is 488 g/mol. The highest BCUT2D eigenvalue weighted by Gasteiger charge is 2.44. The molecule has 1 aliphatic carbocycles. The lowest BCUT2D eigenvalue weighted by Crippen LogP contribution is -2.45. The minimum atomic E-state index is -4.49. The molecule has 1 atom stereocenters. The summed E-state index contributed by atoms with van der Waals surface area (Å²) in [7, 11) is 0. The van der Waals surface area contributed by atoms with Crippen LogP contribution in [-0.4, -0.2) is 35.2 Å². The molecule has 2 heterocycles. The highest BCUT2D eigenvalue weighted by Crippen LogP contribution is 2.50. The number of ether oxygens (including phenoxy) is 2. The van der Waals surface area contributed by atoms with E-state index in [0.29, 0.717) is 47.5 Å². The van der Waals surface area contributed by atoms with Gasteiger partial charge in [-0.05, 0) is 55.2 Å². The maximum Gasteiger partial charge on any atom is 0.416 e. The van der Waals surface area contributed by atoms with Crippen LogP contribution >= 0.6 is 0 Å². The number of hydrogen-bond donors (Lipinski definition) is 3. The maximum absolute atomic E-state index is 13.2. The summed E-state index contributed by atoms with van der Waals surface area (Å²) < 4.78 is 51.2. The fourth-order valence-corrected chi connectivity index (χ4v) is 4.61. The second-order valence-electron chi connectivity index (χ2n) is 9.00. The highest BCUT2D eigenvalue weighted by molar-refractivity contribution is 6.05. The lowest BCUT2D eigenvalue weighted by atomic mass is 9.72. The number of alkyl halides is 3. The van der Waals surface area contributed by atoms with Crippen LogP contribution in [0.4, 0.5) is 24.5 Å². The fourth-order valence-electron chi connectivity index (χ4n) is 4.61. The van der Waals surface area contributed by atoms with Gasteiger partial charge in [-0.3, -0.25) is 9.59 Å². The van der Waals surface area contributed by atoms with Gasteiger partial charge in [0.1, 0.15) is 17.1 Å². The van der Waals surface area contributed by atoms with Crippen molar-refractivity contribution in [1.82, 2.24) is 0 Å². The number of benzene rings is 2. The molecule has 3 N–H and O–H groups in total. The predicted molar refractivity (Wildman–Crippen MR) is 121 cm³/mol. The molecule has 3 aliphatic rings. The van der Waals surface area contributed by atoms with Gasteiger partial charge in [0.15, 0.2) is 6.10 Å². The number of anilines is 2. The first kappa shape index (κ1) is 23.2. The SMILES string of the molecule is O=C(C=C1CC2(CCC2)Oc2cc(C(F)(F)F)ccc21)Nc1ccc2c(c1)NC(=O)C(CCO)O2. The monoisotopic (exact) mass is 488 g/mol. The van der Waals surface area contributed by atoms with E-state index < -0.39 is 29.4 Å². The smallest absolute Gasteiger partial charge is 0.416 e. The number of halogens is 3. The van der Waals surface area contributed by atoms with Crippen molar-refractivity contribution in [1.29, 1.82) is 0 Å². The number of carbonyl (C=O) groups excluding carboxylic acids is 2. The van der Waals surface area contributed by atoms with E-state index in [0.717, 1.165) is 18.6 Å². The molecular formula is C25H23F3N2O5. The molecule has 184 valence electrons. The van der Waals surface area contributed by atoms with Crippen LogP contribution in [0.5, 0.6) is 11.5 Å². The van der Waals surface area contributed by atoms with Crippen LogP contribution in [-0.2, 0) is 15.8 Å². The molecule has 2 aliphatic heterocycles. The van der Waals surface area contributed by atoms with Crippen LogP contribution in [0.3, 0.4) is 0 Å². The Bertz CT molecular complexity index is 1220. The third-order valence-electron chi connectivity index (χ3n) is 6.52. The van der Waals surface area contributed by atoms with Crippen LogP contribution in [0, 0.1) is 0 Å². The number of amides is 2. The molecule has 35 heavy (non-hydrogen) atoms. The quantitative estimate of drug-likeness (QED) is 0.550. The molecule has 2 amide bonds. The van der Waals surface area contributed by atoms with E-state index in [4.69, 9.17) is 14.6 Å². The molecule has 2 aromatic carbocycles. The van der Waals surface area contributed by atoms with E-state index in [1.807, 2.05) is 0 Å². The van der Waals surface area contributed by atoms with Crippen molar-refractivity contribution < 1.29 is 37.3 Å². The van der Waals surface area contributed by atoms with Crippen molar-refractivity contribution in [3.8, 4) is 11.5 Å². The Balaban J connectivity index is 1.38. The first-order chi connectivity index (χ1) is 16.7. The van der Waals surface area contributed by atoms with Crippen molar-refractivity contribution in [3.05, 3.63) is 53.6 Å².